The molecular weight excluding hydrogens is 414 g/mol. The van der Waals surface area contributed by atoms with E-state index in [2.05, 4.69) is 16.3 Å². The standard InChI is InChI=1S/C23H29N3O4S/c1-17(31-19-12-10-18(11-13-19)26(28)29)23(27)24-16-21(25-14-6-3-7-15-25)20-8-4-5-9-22(20)30-2/h4-5,8-13,17,21H,3,6-7,14-16H2,1-2H3,(H,24,27). The van der Waals surface area contributed by atoms with Crippen LogP contribution in [0.1, 0.15) is 37.8 Å². The summed E-state index contributed by atoms with van der Waals surface area (Å²) in [5.74, 6) is 0.779. The topological polar surface area (TPSA) is 84.7 Å². The van der Waals surface area contributed by atoms with Gasteiger partial charge >= 0.3 is 0 Å². The van der Waals surface area contributed by atoms with E-state index in [1.54, 1.807) is 19.2 Å². The molecule has 1 fully saturated rings. The second-order valence-electron chi connectivity index (χ2n) is 7.61. The maximum absolute atomic E-state index is 12.8. The SMILES string of the molecule is COc1ccccc1C(CNC(=O)C(C)Sc1ccc([N+](=O)[O-])cc1)N1CCCCC1. The Balaban J connectivity index is 1.65. The zero-order valence-corrected chi connectivity index (χ0v) is 18.8. The highest BCUT2D eigenvalue weighted by Crippen LogP contribution is 2.31. The highest BCUT2D eigenvalue weighted by Gasteiger charge is 2.26. The lowest BCUT2D eigenvalue weighted by Crippen LogP contribution is -2.42. The van der Waals surface area contributed by atoms with Crippen LogP contribution in [0.5, 0.6) is 5.75 Å². The van der Waals surface area contributed by atoms with E-state index in [9.17, 15) is 14.9 Å². The average molecular weight is 444 g/mol. The Labute approximate surface area is 187 Å². The van der Waals surface area contributed by atoms with Gasteiger partial charge in [0.25, 0.3) is 5.69 Å². The van der Waals surface area contributed by atoms with Crippen molar-refractivity contribution in [2.24, 2.45) is 0 Å². The summed E-state index contributed by atoms with van der Waals surface area (Å²) in [6.07, 6.45) is 3.56. The van der Waals surface area contributed by atoms with E-state index >= 15 is 0 Å². The number of para-hydroxylation sites is 1. The van der Waals surface area contributed by atoms with Crippen molar-refractivity contribution in [2.75, 3.05) is 26.7 Å². The molecule has 8 heteroatoms. The lowest BCUT2D eigenvalue weighted by atomic mass is 10.0. The molecule has 2 aromatic rings. The Bertz CT molecular complexity index is 885. The number of rotatable bonds is 9. The fraction of sp³-hybridized carbons (Fsp3) is 0.435. The molecule has 166 valence electrons. The summed E-state index contributed by atoms with van der Waals surface area (Å²) in [5, 5.41) is 13.6. The van der Waals surface area contributed by atoms with E-state index in [1.165, 1.54) is 30.3 Å². The largest absolute Gasteiger partial charge is 0.496 e. The molecule has 0 bridgehead atoms. The van der Waals surface area contributed by atoms with Crippen molar-refractivity contribution in [3.8, 4) is 5.75 Å². The summed E-state index contributed by atoms with van der Waals surface area (Å²) in [4.78, 5) is 26.4. The van der Waals surface area contributed by atoms with Crippen LogP contribution in [0.3, 0.4) is 0 Å². The molecule has 2 atom stereocenters. The third-order valence-corrected chi connectivity index (χ3v) is 6.64. The van der Waals surface area contributed by atoms with Gasteiger partial charge in [0.15, 0.2) is 0 Å². The number of likely N-dealkylation sites (tertiary alicyclic amines) is 1. The van der Waals surface area contributed by atoms with Gasteiger partial charge in [0.05, 0.1) is 23.3 Å². The van der Waals surface area contributed by atoms with Crippen LogP contribution in [0.15, 0.2) is 53.4 Å². The number of piperidine rings is 1. The van der Waals surface area contributed by atoms with Gasteiger partial charge in [-0.25, -0.2) is 0 Å². The third-order valence-electron chi connectivity index (χ3n) is 5.53. The molecule has 2 aromatic carbocycles. The Morgan fingerprint density at radius 3 is 2.48 bits per heavy atom. The predicted molar refractivity (Wildman–Crippen MR) is 123 cm³/mol. The minimum absolute atomic E-state index is 0.0441. The maximum Gasteiger partial charge on any atom is 0.269 e. The second-order valence-corrected chi connectivity index (χ2v) is 9.02. The Morgan fingerprint density at radius 2 is 1.84 bits per heavy atom. The zero-order chi connectivity index (χ0) is 22.2. The van der Waals surface area contributed by atoms with Gasteiger partial charge in [-0.3, -0.25) is 19.8 Å². The number of carbonyl (C=O) groups is 1. The number of nitrogens with zero attached hydrogens (tertiary/aromatic N) is 2. The van der Waals surface area contributed by atoms with Crippen LogP contribution in [-0.4, -0.2) is 47.7 Å². The quantitative estimate of drug-likeness (QED) is 0.351. The van der Waals surface area contributed by atoms with Crippen molar-refractivity contribution in [1.82, 2.24) is 10.2 Å². The monoisotopic (exact) mass is 443 g/mol. The molecule has 1 aliphatic rings. The van der Waals surface area contributed by atoms with Crippen molar-refractivity contribution >= 4 is 23.4 Å². The zero-order valence-electron chi connectivity index (χ0n) is 18.0. The summed E-state index contributed by atoms with van der Waals surface area (Å²) in [6, 6.07) is 14.3. The molecule has 0 saturated carbocycles. The van der Waals surface area contributed by atoms with Crippen LogP contribution < -0.4 is 10.1 Å². The number of ether oxygens (including phenoxy) is 1. The highest BCUT2D eigenvalue weighted by atomic mass is 32.2. The smallest absolute Gasteiger partial charge is 0.269 e. The molecule has 0 aromatic heterocycles. The van der Waals surface area contributed by atoms with Gasteiger partial charge in [0.1, 0.15) is 5.75 Å². The maximum atomic E-state index is 12.8. The van der Waals surface area contributed by atoms with Crippen LogP contribution in [0.4, 0.5) is 5.69 Å². The Kier molecular flexibility index (Phi) is 8.31. The summed E-state index contributed by atoms with van der Waals surface area (Å²) in [7, 11) is 1.67. The van der Waals surface area contributed by atoms with Gasteiger partial charge in [-0.05, 0) is 51.1 Å². The number of hydrogen-bond donors (Lipinski definition) is 1. The molecule has 31 heavy (non-hydrogen) atoms. The fourth-order valence-corrected chi connectivity index (χ4v) is 4.74. The van der Waals surface area contributed by atoms with Crippen molar-refractivity contribution < 1.29 is 14.5 Å². The molecule has 1 saturated heterocycles. The molecule has 2 unspecified atom stereocenters. The van der Waals surface area contributed by atoms with E-state index in [1.807, 2.05) is 25.1 Å². The predicted octanol–water partition coefficient (Wildman–Crippen LogP) is 4.43. The van der Waals surface area contributed by atoms with Crippen molar-refractivity contribution in [3.05, 3.63) is 64.2 Å². The third kappa shape index (κ3) is 6.21. The molecule has 0 spiro atoms. The highest BCUT2D eigenvalue weighted by molar-refractivity contribution is 8.00. The number of hydrogen-bond acceptors (Lipinski definition) is 6. The number of amides is 1. The van der Waals surface area contributed by atoms with Gasteiger partial charge in [-0.15, -0.1) is 11.8 Å². The first-order valence-corrected chi connectivity index (χ1v) is 11.4. The molecule has 1 amide bonds. The Morgan fingerprint density at radius 1 is 1.16 bits per heavy atom. The summed E-state index contributed by atoms with van der Waals surface area (Å²) in [6.45, 7) is 4.36. The van der Waals surface area contributed by atoms with Gasteiger partial charge in [-0.1, -0.05) is 24.6 Å². The fourth-order valence-electron chi connectivity index (χ4n) is 3.85. The van der Waals surface area contributed by atoms with E-state index in [0.29, 0.717) is 6.54 Å². The first-order valence-electron chi connectivity index (χ1n) is 10.6. The molecule has 0 radical (unpaired) electrons. The van der Waals surface area contributed by atoms with Gasteiger partial charge < -0.3 is 10.1 Å². The number of thioether (sulfide) groups is 1. The van der Waals surface area contributed by atoms with E-state index < -0.39 is 4.92 Å². The number of methoxy groups -OCH3 is 1. The lowest BCUT2D eigenvalue weighted by molar-refractivity contribution is -0.384. The molecule has 7 nitrogen and oxygen atoms in total. The van der Waals surface area contributed by atoms with Crippen molar-refractivity contribution in [1.29, 1.82) is 0 Å². The number of non-ortho nitro benzene ring substituents is 1. The minimum Gasteiger partial charge on any atom is -0.496 e. The number of carbonyl (C=O) groups excluding carboxylic acids is 1. The number of benzene rings is 2. The van der Waals surface area contributed by atoms with Crippen LogP contribution in [-0.2, 0) is 4.79 Å². The van der Waals surface area contributed by atoms with Crippen LogP contribution in [0.2, 0.25) is 0 Å². The van der Waals surface area contributed by atoms with Crippen LogP contribution >= 0.6 is 11.8 Å². The van der Waals surface area contributed by atoms with Crippen LogP contribution in [0.25, 0.3) is 0 Å². The molecule has 1 heterocycles. The summed E-state index contributed by atoms with van der Waals surface area (Å²) in [5.41, 5.74) is 1.13. The molecule has 0 aliphatic carbocycles. The van der Waals surface area contributed by atoms with Gasteiger partial charge in [-0.2, -0.15) is 0 Å². The van der Waals surface area contributed by atoms with E-state index in [-0.39, 0.29) is 22.9 Å². The number of nitro groups is 1. The Hall–Kier alpha value is -2.58. The summed E-state index contributed by atoms with van der Waals surface area (Å²) < 4.78 is 5.59. The van der Waals surface area contributed by atoms with Crippen LogP contribution in [0, 0.1) is 10.1 Å². The first-order chi connectivity index (χ1) is 15.0. The van der Waals surface area contributed by atoms with Crippen molar-refractivity contribution in [2.45, 2.75) is 42.4 Å². The van der Waals surface area contributed by atoms with E-state index in [4.69, 9.17) is 4.74 Å². The average Bonchev–Trinajstić information content (AvgIpc) is 2.80. The molecule has 1 N–H and O–H groups in total. The van der Waals surface area contributed by atoms with Crippen molar-refractivity contribution in [3.63, 3.8) is 0 Å². The second kappa shape index (κ2) is 11.2. The molecule has 1 aliphatic heterocycles. The van der Waals surface area contributed by atoms with Gasteiger partial charge in [0, 0.05) is 29.1 Å². The summed E-state index contributed by atoms with van der Waals surface area (Å²) >= 11 is 1.39. The first kappa shape index (κ1) is 23.1. The number of nitrogens with one attached hydrogen (secondary N) is 1. The van der Waals surface area contributed by atoms with E-state index in [0.717, 1.165) is 42.1 Å². The van der Waals surface area contributed by atoms with Gasteiger partial charge in [0.2, 0.25) is 5.91 Å². The minimum atomic E-state index is -0.427. The number of nitro benzene ring substituents is 1. The lowest BCUT2D eigenvalue weighted by Gasteiger charge is -2.35. The molecule has 3 rings (SSSR count). The molecular formula is C23H29N3O4S. The normalized spacial score (nSPS) is 16.3.